The number of rotatable bonds is 5. The minimum absolute atomic E-state index is 0.0797. The van der Waals surface area contributed by atoms with Gasteiger partial charge >= 0.3 is 11.9 Å². The van der Waals surface area contributed by atoms with Crippen LogP contribution in [-0.2, 0) is 9.53 Å². The highest BCUT2D eigenvalue weighted by Crippen LogP contribution is 2.30. The van der Waals surface area contributed by atoms with Gasteiger partial charge in [0.05, 0.1) is 12.7 Å². The Bertz CT molecular complexity index is 1260. The molecule has 6 nitrogen and oxygen atoms in total. The number of halogens is 1. The lowest BCUT2D eigenvalue weighted by Crippen LogP contribution is -2.10. The van der Waals surface area contributed by atoms with E-state index < -0.39 is 17.8 Å². The first kappa shape index (κ1) is 21.0. The van der Waals surface area contributed by atoms with Gasteiger partial charge in [0.15, 0.2) is 17.2 Å². The van der Waals surface area contributed by atoms with Crippen molar-refractivity contribution >= 4 is 23.9 Å². The fourth-order valence-corrected chi connectivity index (χ4v) is 3.10. The lowest BCUT2D eigenvalue weighted by Gasteiger charge is -2.11. The van der Waals surface area contributed by atoms with Crippen molar-refractivity contribution in [3.05, 3.63) is 100 Å². The molecular formula is C25H18FNO5. The molecule has 0 unspecified atom stereocenters. The molecule has 1 aliphatic rings. The molecule has 0 bridgehead atoms. The van der Waals surface area contributed by atoms with E-state index in [9.17, 15) is 14.0 Å². The topological polar surface area (TPSA) is 74.2 Å². The highest BCUT2D eigenvalue weighted by Gasteiger charge is 2.24. The van der Waals surface area contributed by atoms with E-state index >= 15 is 0 Å². The number of aliphatic imine (C=N–C) groups is 1. The second-order valence-electron chi connectivity index (χ2n) is 6.96. The smallest absolute Gasteiger partial charge is 0.363 e. The quantitative estimate of drug-likeness (QED) is 0.332. The fraction of sp³-hybridized carbons (Fsp3) is 0.0800. The summed E-state index contributed by atoms with van der Waals surface area (Å²) in [6.07, 6.45) is 1.52. The summed E-state index contributed by atoms with van der Waals surface area (Å²) < 4.78 is 29.1. The number of esters is 2. The van der Waals surface area contributed by atoms with Gasteiger partial charge in [-0.1, -0.05) is 24.3 Å². The maximum absolute atomic E-state index is 13.1. The summed E-state index contributed by atoms with van der Waals surface area (Å²) in [6, 6.07) is 17.4. The Balaban J connectivity index is 1.58. The minimum Gasteiger partial charge on any atom is -0.493 e. The minimum atomic E-state index is -0.627. The fourth-order valence-electron chi connectivity index (χ4n) is 3.10. The van der Waals surface area contributed by atoms with Crippen molar-refractivity contribution < 1.29 is 28.2 Å². The van der Waals surface area contributed by atoms with Crippen LogP contribution in [0, 0.1) is 12.7 Å². The first-order valence-corrected chi connectivity index (χ1v) is 9.69. The molecule has 0 radical (unpaired) electrons. The first-order chi connectivity index (χ1) is 15.4. The van der Waals surface area contributed by atoms with E-state index in [1.165, 1.54) is 37.5 Å². The van der Waals surface area contributed by atoms with Crippen LogP contribution >= 0.6 is 0 Å². The highest BCUT2D eigenvalue weighted by molar-refractivity contribution is 6.12. The van der Waals surface area contributed by atoms with Gasteiger partial charge < -0.3 is 14.2 Å². The number of carbonyl (C=O) groups is 2. The molecule has 0 saturated heterocycles. The number of carbonyl (C=O) groups excluding carboxylic acids is 2. The summed E-state index contributed by atoms with van der Waals surface area (Å²) in [5.41, 5.74) is 2.41. The van der Waals surface area contributed by atoms with Crippen molar-refractivity contribution in [1.29, 1.82) is 0 Å². The van der Waals surface area contributed by atoms with E-state index in [4.69, 9.17) is 14.2 Å². The molecule has 160 valence electrons. The Morgan fingerprint density at radius 3 is 2.50 bits per heavy atom. The molecule has 1 heterocycles. The molecule has 32 heavy (non-hydrogen) atoms. The second-order valence-corrected chi connectivity index (χ2v) is 6.96. The number of nitrogens with zero attached hydrogens (tertiary/aromatic N) is 1. The lowest BCUT2D eigenvalue weighted by molar-refractivity contribution is -0.129. The van der Waals surface area contributed by atoms with Crippen molar-refractivity contribution in [3.63, 3.8) is 0 Å². The van der Waals surface area contributed by atoms with E-state index in [1.807, 2.05) is 19.1 Å². The van der Waals surface area contributed by atoms with Crippen LogP contribution in [0.15, 0.2) is 77.4 Å². The van der Waals surface area contributed by atoms with Crippen molar-refractivity contribution in [2.45, 2.75) is 6.92 Å². The van der Waals surface area contributed by atoms with Gasteiger partial charge in [0.2, 0.25) is 5.90 Å². The first-order valence-electron chi connectivity index (χ1n) is 9.69. The van der Waals surface area contributed by atoms with Crippen LogP contribution in [0.5, 0.6) is 11.5 Å². The SMILES string of the molecule is COc1cc(/C=C2/N=C(c3ccc(F)cc3)OC2=O)ccc1OC(=O)c1ccccc1C. The predicted molar refractivity (Wildman–Crippen MR) is 116 cm³/mol. The maximum Gasteiger partial charge on any atom is 0.363 e. The summed E-state index contributed by atoms with van der Waals surface area (Å²) in [6.45, 7) is 1.82. The predicted octanol–water partition coefficient (Wildman–Crippen LogP) is 4.71. The zero-order valence-electron chi connectivity index (χ0n) is 17.3. The standard InChI is InChI=1S/C25H18FNO5/c1-15-5-3-4-6-19(15)24(28)31-21-12-7-16(14-22(21)30-2)13-20-25(29)32-23(27-20)17-8-10-18(26)11-9-17/h3-14H,1-2H3/b20-13+. The van der Waals surface area contributed by atoms with Crippen LogP contribution in [0.3, 0.4) is 0 Å². The normalized spacial score (nSPS) is 14.2. The molecule has 0 aromatic heterocycles. The summed E-state index contributed by atoms with van der Waals surface area (Å²) in [5.74, 6) is -0.872. The Hall–Kier alpha value is -4.26. The van der Waals surface area contributed by atoms with Crippen molar-refractivity contribution in [2.75, 3.05) is 7.11 Å². The molecule has 0 atom stereocenters. The molecule has 1 aliphatic heterocycles. The van der Waals surface area contributed by atoms with Gasteiger partial charge in [0.25, 0.3) is 0 Å². The molecule has 0 spiro atoms. The van der Waals surface area contributed by atoms with Crippen LogP contribution in [0.4, 0.5) is 4.39 Å². The molecule has 0 aliphatic carbocycles. The summed E-state index contributed by atoms with van der Waals surface area (Å²) in [4.78, 5) is 28.9. The monoisotopic (exact) mass is 431 g/mol. The zero-order chi connectivity index (χ0) is 22.7. The molecule has 4 rings (SSSR count). The van der Waals surface area contributed by atoms with Gasteiger partial charge in [-0.15, -0.1) is 0 Å². The maximum atomic E-state index is 13.1. The third kappa shape index (κ3) is 4.41. The van der Waals surface area contributed by atoms with Crippen molar-refractivity contribution in [3.8, 4) is 11.5 Å². The lowest BCUT2D eigenvalue weighted by atomic mass is 10.1. The van der Waals surface area contributed by atoms with Gasteiger partial charge in [0, 0.05) is 5.56 Å². The van der Waals surface area contributed by atoms with Crippen molar-refractivity contribution in [1.82, 2.24) is 0 Å². The molecular weight excluding hydrogens is 413 g/mol. The number of benzene rings is 3. The summed E-state index contributed by atoms with van der Waals surface area (Å²) in [5, 5.41) is 0. The number of methoxy groups -OCH3 is 1. The third-order valence-electron chi connectivity index (χ3n) is 4.77. The Morgan fingerprint density at radius 2 is 1.78 bits per heavy atom. The molecule has 3 aromatic carbocycles. The summed E-state index contributed by atoms with van der Waals surface area (Å²) in [7, 11) is 1.45. The molecule has 7 heteroatoms. The Morgan fingerprint density at radius 1 is 1.03 bits per heavy atom. The average Bonchev–Trinajstić information content (AvgIpc) is 3.15. The Labute approximate surface area is 183 Å². The van der Waals surface area contributed by atoms with E-state index in [-0.39, 0.29) is 17.3 Å². The molecule has 0 amide bonds. The number of ether oxygens (including phenoxy) is 3. The van der Waals surface area contributed by atoms with Crippen LogP contribution in [-0.4, -0.2) is 24.9 Å². The van der Waals surface area contributed by atoms with Gasteiger partial charge in [-0.2, -0.15) is 0 Å². The third-order valence-corrected chi connectivity index (χ3v) is 4.77. The van der Waals surface area contributed by atoms with E-state index in [0.29, 0.717) is 22.4 Å². The zero-order valence-corrected chi connectivity index (χ0v) is 17.3. The highest BCUT2D eigenvalue weighted by atomic mass is 19.1. The number of hydrogen-bond donors (Lipinski definition) is 0. The molecule has 0 saturated carbocycles. The van der Waals surface area contributed by atoms with Crippen LogP contribution in [0.1, 0.15) is 27.0 Å². The summed E-state index contributed by atoms with van der Waals surface area (Å²) >= 11 is 0. The van der Waals surface area contributed by atoms with E-state index in [1.54, 1.807) is 30.3 Å². The number of aryl methyl sites for hydroxylation is 1. The second kappa shape index (κ2) is 8.85. The number of cyclic esters (lactones) is 1. The van der Waals surface area contributed by atoms with Crippen molar-refractivity contribution in [2.24, 2.45) is 4.99 Å². The molecule has 3 aromatic rings. The molecule has 0 fully saturated rings. The van der Waals surface area contributed by atoms with Crippen LogP contribution < -0.4 is 9.47 Å². The van der Waals surface area contributed by atoms with Gasteiger partial charge in [0.1, 0.15) is 5.82 Å². The van der Waals surface area contributed by atoms with Gasteiger partial charge in [-0.3, -0.25) is 0 Å². The van der Waals surface area contributed by atoms with E-state index in [0.717, 1.165) is 5.56 Å². The van der Waals surface area contributed by atoms with Crippen LogP contribution in [0.2, 0.25) is 0 Å². The number of hydrogen-bond acceptors (Lipinski definition) is 6. The average molecular weight is 431 g/mol. The van der Waals surface area contributed by atoms with Gasteiger partial charge in [-0.25, -0.2) is 19.0 Å². The van der Waals surface area contributed by atoms with Crippen LogP contribution in [0.25, 0.3) is 6.08 Å². The van der Waals surface area contributed by atoms with Gasteiger partial charge in [-0.05, 0) is 66.6 Å². The largest absolute Gasteiger partial charge is 0.493 e. The Kier molecular flexibility index (Phi) is 5.81. The molecule has 0 N–H and O–H groups in total. The van der Waals surface area contributed by atoms with E-state index in [2.05, 4.69) is 4.99 Å².